The van der Waals surface area contributed by atoms with Gasteiger partial charge in [-0.2, -0.15) is 5.10 Å². The molecule has 0 unspecified atom stereocenters. The quantitative estimate of drug-likeness (QED) is 0.858. The summed E-state index contributed by atoms with van der Waals surface area (Å²) >= 11 is 5.60. The molecule has 1 aromatic heterocycles. The van der Waals surface area contributed by atoms with Crippen LogP contribution in [0.3, 0.4) is 0 Å². The number of hydrogen-bond acceptors (Lipinski definition) is 3. The van der Waals surface area contributed by atoms with E-state index in [4.69, 9.17) is 11.6 Å². The monoisotopic (exact) mass is 229 g/mol. The Balaban J connectivity index is 2.69. The summed E-state index contributed by atoms with van der Waals surface area (Å²) in [5, 5.41) is 7.04. The largest absolute Gasteiger partial charge is 0.370 e. The van der Waals surface area contributed by atoms with E-state index >= 15 is 0 Å². The van der Waals surface area contributed by atoms with Crippen molar-refractivity contribution < 1.29 is 0 Å². The summed E-state index contributed by atoms with van der Waals surface area (Å²) in [5.74, 6) is 1.33. The van der Waals surface area contributed by atoms with Gasteiger partial charge in [-0.15, -0.1) is 0 Å². The number of aromatic nitrogens is 2. The standard InChI is InChI=1S/C10H16ClN3O/c1-7(2)4-5-12-9-6-8(15)10(11)13-14(9)3/h6-7,12H,4-5H2,1-3H3. The zero-order chi connectivity index (χ0) is 11.4. The number of nitrogens with one attached hydrogen (secondary N) is 1. The van der Waals surface area contributed by atoms with Gasteiger partial charge in [0.1, 0.15) is 5.82 Å². The predicted molar refractivity (Wildman–Crippen MR) is 62.4 cm³/mol. The highest BCUT2D eigenvalue weighted by atomic mass is 35.5. The lowest BCUT2D eigenvalue weighted by molar-refractivity contribution is 0.603. The van der Waals surface area contributed by atoms with Crippen LogP contribution in [0, 0.1) is 5.92 Å². The predicted octanol–water partition coefficient (Wildman–Crippen LogP) is 1.89. The fourth-order valence-corrected chi connectivity index (χ4v) is 1.33. The molecule has 1 aromatic rings. The van der Waals surface area contributed by atoms with E-state index in [1.807, 2.05) is 0 Å². The first-order valence-corrected chi connectivity index (χ1v) is 5.36. The number of halogens is 1. The molecule has 0 fully saturated rings. The molecule has 0 aliphatic carbocycles. The fraction of sp³-hybridized carbons (Fsp3) is 0.600. The van der Waals surface area contributed by atoms with Crippen LogP contribution in [0.25, 0.3) is 0 Å². The Kier molecular flexibility index (Phi) is 4.15. The summed E-state index contributed by atoms with van der Waals surface area (Å²) in [6.45, 7) is 5.13. The van der Waals surface area contributed by atoms with Crippen LogP contribution in [0.1, 0.15) is 20.3 Å². The molecule has 84 valence electrons. The molecule has 4 nitrogen and oxygen atoms in total. The Morgan fingerprint density at radius 1 is 1.60 bits per heavy atom. The summed E-state index contributed by atoms with van der Waals surface area (Å²) in [6.07, 6.45) is 1.05. The van der Waals surface area contributed by atoms with Gasteiger partial charge in [-0.3, -0.25) is 9.48 Å². The second-order valence-corrected chi connectivity index (χ2v) is 4.28. The molecule has 1 N–H and O–H groups in total. The van der Waals surface area contributed by atoms with E-state index in [1.54, 1.807) is 11.7 Å². The van der Waals surface area contributed by atoms with Crippen LogP contribution >= 0.6 is 11.6 Å². The Hall–Kier alpha value is -1.03. The molecule has 0 aliphatic heterocycles. The highest BCUT2D eigenvalue weighted by Crippen LogP contribution is 2.05. The van der Waals surface area contributed by atoms with Crippen molar-refractivity contribution in [2.24, 2.45) is 13.0 Å². The first-order chi connectivity index (χ1) is 7.00. The summed E-state index contributed by atoms with van der Waals surface area (Å²) in [6, 6.07) is 1.47. The third-order valence-electron chi connectivity index (χ3n) is 2.09. The minimum Gasteiger partial charge on any atom is -0.370 e. The molecule has 0 radical (unpaired) electrons. The number of rotatable bonds is 4. The highest BCUT2D eigenvalue weighted by Gasteiger charge is 2.03. The van der Waals surface area contributed by atoms with Crippen molar-refractivity contribution in [2.75, 3.05) is 11.9 Å². The number of aryl methyl sites for hydroxylation is 1. The van der Waals surface area contributed by atoms with Crippen molar-refractivity contribution in [3.8, 4) is 0 Å². The van der Waals surface area contributed by atoms with Gasteiger partial charge in [0.15, 0.2) is 5.15 Å². The zero-order valence-electron chi connectivity index (χ0n) is 9.25. The molecule has 0 aliphatic rings. The normalized spacial score (nSPS) is 10.7. The molecule has 15 heavy (non-hydrogen) atoms. The van der Waals surface area contributed by atoms with Gasteiger partial charge in [0.2, 0.25) is 5.43 Å². The van der Waals surface area contributed by atoms with Gasteiger partial charge in [0.05, 0.1) is 0 Å². The summed E-state index contributed by atoms with van der Waals surface area (Å²) in [4.78, 5) is 11.2. The molecule has 0 aromatic carbocycles. The third kappa shape index (κ3) is 3.55. The average molecular weight is 230 g/mol. The molecule has 1 heterocycles. The molecular formula is C10H16ClN3O. The van der Waals surface area contributed by atoms with E-state index in [-0.39, 0.29) is 10.6 Å². The molecular weight excluding hydrogens is 214 g/mol. The fourth-order valence-electron chi connectivity index (χ4n) is 1.17. The first-order valence-electron chi connectivity index (χ1n) is 4.98. The van der Waals surface area contributed by atoms with Crippen LogP contribution in [-0.2, 0) is 7.05 Å². The van der Waals surface area contributed by atoms with Crippen LogP contribution in [-0.4, -0.2) is 16.3 Å². The van der Waals surface area contributed by atoms with Crippen molar-refractivity contribution in [1.82, 2.24) is 9.78 Å². The average Bonchev–Trinajstić information content (AvgIpc) is 2.13. The van der Waals surface area contributed by atoms with Crippen LogP contribution < -0.4 is 10.7 Å². The maximum Gasteiger partial charge on any atom is 0.221 e. The van der Waals surface area contributed by atoms with Crippen LogP contribution in [0.2, 0.25) is 5.15 Å². The molecule has 0 spiro atoms. The van der Waals surface area contributed by atoms with E-state index in [0.29, 0.717) is 11.7 Å². The van der Waals surface area contributed by atoms with E-state index < -0.39 is 0 Å². The maximum atomic E-state index is 11.2. The zero-order valence-corrected chi connectivity index (χ0v) is 10.0. The Labute approximate surface area is 94.3 Å². The van der Waals surface area contributed by atoms with Crippen LogP contribution in [0.15, 0.2) is 10.9 Å². The Morgan fingerprint density at radius 3 is 2.87 bits per heavy atom. The lowest BCUT2D eigenvalue weighted by Gasteiger charge is -2.11. The van der Waals surface area contributed by atoms with E-state index in [2.05, 4.69) is 24.3 Å². The van der Waals surface area contributed by atoms with E-state index in [1.165, 1.54) is 6.07 Å². The first kappa shape index (κ1) is 12.0. The summed E-state index contributed by atoms with van der Waals surface area (Å²) < 4.78 is 1.57. The second-order valence-electron chi connectivity index (χ2n) is 3.92. The van der Waals surface area contributed by atoms with Gasteiger partial charge in [-0.05, 0) is 12.3 Å². The SMILES string of the molecule is CC(C)CCNc1cc(=O)c(Cl)nn1C. The molecule has 1 rings (SSSR count). The van der Waals surface area contributed by atoms with E-state index in [9.17, 15) is 4.79 Å². The Morgan fingerprint density at radius 2 is 2.27 bits per heavy atom. The molecule has 0 atom stereocenters. The molecule has 0 amide bonds. The highest BCUT2D eigenvalue weighted by molar-refractivity contribution is 6.29. The molecule has 0 saturated heterocycles. The summed E-state index contributed by atoms with van der Waals surface area (Å²) in [5.41, 5.74) is -0.248. The minimum atomic E-state index is -0.248. The van der Waals surface area contributed by atoms with Gasteiger partial charge in [-0.1, -0.05) is 25.4 Å². The minimum absolute atomic E-state index is 0.00640. The molecule has 0 saturated carbocycles. The van der Waals surface area contributed by atoms with Gasteiger partial charge >= 0.3 is 0 Å². The van der Waals surface area contributed by atoms with Gasteiger partial charge < -0.3 is 5.32 Å². The lowest BCUT2D eigenvalue weighted by Crippen LogP contribution is -2.16. The van der Waals surface area contributed by atoms with Crippen LogP contribution in [0.4, 0.5) is 5.82 Å². The lowest BCUT2D eigenvalue weighted by atomic mass is 10.1. The number of nitrogens with zero attached hydrogens (tertiary/aromatic N) is 2. The van der Waals surface area contributed by atoms with Crippen molar-refractivity contribution in [2.45, 2.75) is 20.3 Å². The smallest absolute Gasteiger partial charge is 0.221 e. The topological polar surface area (TPSA) is 46.9 Å². The van der Waals surface area contributed by atoms with Crippen LogP contribution in [0.5, 0.6) is 0 Å². The van der Waals surface area contributed by atoms with Gasteiger partial charge in [0, 0.05) is 19.7 Å². The van der Waals surface area contributed by atoms with Crippen molar-refractivity contribution in [3.05, 3.63) is 21.4 Å². The summed E-state index contributed by atoms with van der Waals surface area (Å²) in [7, 11) is 1.75. The third-order valence-corrected chi connectivity index (χ3v) is 2.35. The molecule has 0 bridgehead atoms. The van der Waals surface area contributed by atoms with E-state index in [0.717, 1.165) is 13.0 Å². The van der Waals surface area contributed by atoms with Crippen molar-refractivity contribution in [1.29, 1.82) is 0 Å². The number of hydrogen-bond donors (Lipinski definition) is 1. The van der Waals surface area contributed by atoms with Crippen molar-refractivity contribution >= 4 is 17.4 Å². The molecule has 5 heteroatoms. The maximum absolute atomic E-state index is 11.2. The second kappa shape index (κ2) is 5.16. The van der Waals surface area contributed by atoms with Gasteiger partial charge in [-0.25, -0.2) is 0 Å². The Bertz CT molecular complexity index is 387. The van der Waals surface area contributed by atoms with Gasteiger partial charge in [0.25, 0.3) is 0 Å². The number of anilines is 1. The van der Waals surface area contributed by atoms with Crippen molar-refractivity contribution in [3.63, 3.8) is 0 Å².